The molecule has 1 aliphatic heterocycles. The summed E-state index contributed by atoms with van der Waals surface area (Å²) in [4.78, 5) is 0. The van der Waals surface area contributed by atoms with Gasteiger partial charge in [0.05, 0.1) is 19.5 Å². The van der Waals surface area contributed by atoms with E-state index in [-0.39, 0.29) is 11.7 Å². The number of hydrogen-bond acceptors (Lipinski definition) is 4. The van der Waals surface area contributed by atoms with Crippen molar-refractivity contribution in [3.8, 4) is 0 Å². The van der Waals surface area contributed by atoms with Crippen molar-refractivity contribution in [1.29, 1.82) is 0 Å². The number of hydrogen-bond donors (Lipinski definition) is 0. The third kappa shape index (κ3) is 2.76. The highest BCUT2D eigenvalue weighted by atomic mass is 32.2. The second kappa shape index (κ2) is 3.51. The lowest BCUT2D eigenvalue weighted by molar-refractivity contribution is 0.188. The van der Waals surface area contributed by atoms with Crippen molar-refractivity contribution < 1.29 is 17.3 Å². The van der Waals surface area contributed by atoms with Crippen LogP contribution in [0.2, 0.25) is 0 Å². The summed E-state index contributed by atoms with van der Waals surface area (Å²) in [5.41, 5.74) is 0. The average Bonchev–Trinajstić information content (AvgIpc) is 2.39. The molecule has 1 aliphatic rings. The normalized spacial score (nSPS) is 25.7. The van der Waals surface area contributed by atoms with Crippen LogP contribution in [-0.4, -0.2) is 34.5 Å². The fourth-order valence-electron chi connectivity index (χ4n) is 1.07. The summed E-state index contributed by atoms with van der Waals surface area (Å²) in [7, 11) is -2.10. The van der Waals surface area contributed by atoms with Crippen molar-refractivity contribution in [2.75, 3.05) is 26.1 Å². The van der Waals surface area contributed by atoms with E-state index < -0.39 is 10.1 Å². The second-order valence-corrected chi connectivity index (χ2v) is 4.40. The Hall–Kier alpha value is -0.130. The van der Waals surface area contributed by atoms with Crippen LogP contribution < -0.4 is 0 Å². The molecule has 0 aromatic rings. The van der Waals surface area contributed by atoms with Crippen LogP contribution in [-0.2, 0) is 19.0 Å². The largest absolute Gasteiger partial charge is 0.381 e. The Balaban J connectivity index is 2.41. The highest BCUT2D eigenvalue weighted by molar-refractivity contribution is 7.86. The Morgan fingerprint density at radius 3 is 2.82 bits per heavy atom. The summed E-state index contributed by atoms with van der Waals surface area (Å²) < 4.78 is 31.1. The molecule has 0 amide bonds. The zero-order valence-corrected chi connectivity index (χ0v) is 7.26. The summed E-state index contributed by atoms with van der Waals surface area (Å²) in [5, 5.41) is 0. The van der Waals surface area contributed by atoms with E-state index in [1.54, 1.807) is 0 Å². The van der Waals surface area contributed by atoms with Crippen molar-refractivity contribution in [2.24, 2.45) is 5.92 Å². The van der Waals surface area contributed by atoms with E-state index in [1.807, 2.05) is 0 Å². The van der Waals surface area contributed by atoms with Crippen LogP contribution in [0.1, 0.15) is 6.42 Å². The third-order valence-electron chi connectivity index (χ3n) is 1.72. The Morgan fingerprint density at radius 1 is 1.64 bits per heavy atom. The van der Waals surface area contributed by atoms with Gasteiger partial charge in [-0.2, -0.15) is 8.42 Å². The van der Waals surface area contributed by atoms with Crippen LogP contribution in [0, 0.1) is 5.92 Å². The van der Waals surface area contributed by atoms with Gasteiger partial charge in [0.25, 0.3) is 10.1 Å². The van der Waals surface area contributed by atoms with E-state index in [1.165, 1.54) is 7.11 Å². The van der Waals surface area contributed by atoms with E-state index >= 15 is 0 Å². The Morgan fingerprint density at radius 2 is 2.36 bits per heavy atom. The van der Waals surface area contributed by atoms with Gasteiger partial charge >= 0.3 is 0 Å². The van der Waals surface area contributed by atoms with E-state index in [0.717, 1.165) is 6.42 Å². The molecule has 1 atom stereocenters. The van der Waals surface area contributed by atoms with E-state index in [2.05, 4.69) is 4.18 Å². The molecule has 1 fully saturated rings. The van der Waals surface area contributed by atoms with Gasteiger partial charge in [0, 0.05) is 12.5 Å². The van der Waals surface area contributed by atoms with Crippen molar-refractivity contribution in [3.05, 3.63) is 0 Å². The zero-order valence-electron chi connectivity index (χ0n) is 6.45. The van der Waals surface area contributed by atoms with E-state index in [0.29, 0.717) is 13.2 Å². The first kappa shape index (κ1) is 8.96. The molecule has 0 spiro atoms. The maximum Gasteiger partial charge on any atom is 0.267 e. The summed E-state index contributed by atoms with van der Waals surface area (Å²) in [6.07, 6.45) is 0.822. The minimum Gasteiger partial charge on any atom is -0.381 e. The molecule has 0 N–H and O–H groups in total. The van der Waals surface area contributed by atoms with E-state index in [4.69, 9.17) is 4.74 Å². The standard InChI is InChI=1S/C6H12O4S/c1-9-11(7,8)5-6-2-3-10-4-6/h6H,2-5H2,1H3/t6-/m1/s1. The van der Waals surface area contributed by atoms with Gasteiger partial charge in [-0.25, -0.2) is 0 Å². The topological polar surface area (TPSA) is 52.6 Å². The van der Waals surface area contributed by atoms with Gasteiger partial charge in [0.2, 0.25) is 0 Å². The van der Waals surface area contributed by atoms with Gasteiger partial charge < -0.3 is 4.74 Å². The van der Waals surface area contributed by atoms with Crippen LogP contribution in [0.4, 0.5) is 0 Å². The molecule has 0 saturated carbocycles. The lowest BCUT2D eigenvalue weighted by Crippen LogP contribution is -2.17. The summed E-state index contributed by atoms with van der Waals surface area (Å²) in [6.45, 7) is 1.21. The Bertz CT molecular complexity index is 203. The minimum absolute atomic E-state index is 0.0868. The fourth-order valence-corrected chi connectivity index (χ4v) is 2.05. The van der Waals surface area contributed by atoms with Crippen LogP contribution >= 0.6 is 0 Å². The van der Waals surface area contributed by atoms with Crippen molar-refractivity contribution in [3.63, 3.8) is 0 Å². The molecule has 0 aromatic heterocycles. The quantitative estimate of drug-likeness (QED) is 0.574. The molecule has 0 unspecified atom stereocenters. The zero-order chi connectivity index (χ0) is 8.32. The predicted octanol–water partition coefficient (Wildman–Crippen LogP) is -0.000900. The Labute approximate surface area is 66.6 Å². The first-order valence-corrected chi connectivity index (χ1v) is 5.08. The highest BCUT2D eigenvalue weighted by Crippen LogP contribution is 2.14. The molecule has 1 heterocycles. The summed E-state index contributed by atoms with van der Waals surface area (Å²) >= 11 is 0. The molecular weight excluding hydrogens is 168 g/mol. The molecule has 5 heteroatoms. The SMILES string of the molecule is COS(=O)(=O)C[C@@H]1CCOC1. The molecule has 4 nitrogen and oxygen atoms in total. The smallest absolute Gasteiger partial charge is 0.267 e. The van der Waals surface area contributed by atoms with Gasteiger partial charge in [-0.05, 0) is 6.42 Å². The van der Waals surface area contributed by atoms with Gasteiger partial charge in [-0.15, -0.1) is 0 Å². The average molecular weight is 180 g/mol. The van der Waals surface area contributed by atoms with Crippen LogP contribution in [0.3, 0.4) is 0 Å². The maximum absolute atomic E-state index is 10.9. The summed E-state index contributed by atoms with van der Waals surface area (Å²) in [5.74, 6) is 0.212. The van der Waals surface area contributed by atoms with Crippen LogP contribution in [0.5, 0.6) is 0 Å². The molecule has 66 valence electrons. The van der Waals surface area contributed by atoms with Gasteiger partial charge in [-0.3, -0.25) is 4.18 Å². The molecule has 0 aliphatic carbocycles. The maximum atomic E-state index is 10.9. The number of rotatable bonds is 3. The predicted molar refractivity (Wildman–Crippen MR) is 39.7 cm³/mol. The summed E-state index contributed by atoms with van der Waals surface area (Å²) in [6, 6.07) is 0. The van der Waals surface area contributed by atoms with Crippen molar-refractivity contribution in [2.45, 2.75) is 6.42 Å². The molecule has 0 radical (unpaired) electrons. The van der Waals surface area contributed by atoms with Crippen molar-refractivity contribution >= 4 is 10.1 Å². The first-order valence-electron chi connectivity index (χ1n) is 3.50. The number of ether oxygens (including phenoxy) is 1. The Kier molecular flexibility index (Phi) is 2.86. The molecule has 1 rings (SSSR count). The van der Waals surface area contributed by atoms with Crippen LogP contribution in [0.15, 0.2) is 0 Å². The lowest BCUT2D eigenvalue weighted by atomic mass is 10.2. The molecule has 0 aromatic carbocycles. The third-order valence-corrected chi connectivity index (χ3v) is 3.11. The van der Waals surface area contributed by atoms with Gasteiger partial charge in [0.15, 0.2) is 0 Å². The molecule has 0 bridgehead atoms. The lowest BCUT2D eigenvalue weighted by Gasteiger charge is -2.05. The monoisotopic (exact) mass is 180 g/mol. The first-order chi connectivity index (χ1) is 5.14. The van der Waals surface area contributed by atoms with E-state index in [9.17, 15) is 8.42 Å². The second-order valence-electron chi connectivity index (χ2n) is 2.62. The van der Waals surface area contributed by atoms with Gasteiger partial charge in [-0.1, -0.05) is 0 Å². The van der Waals surface area contributed by atoms with Crippen molar-refractivity contribution in [1.82, 2.24) is 0 Å². The van der Waals surface area contributed by atoms with Crippen LogP contribution in [0.25, 0.3) is 0 Å². The molecule has 1 saturated heterocycles. The highest BCUT2D eigenvalue weighted by Gasteiger charge is 2.22. The fraction of sp³-hybridized carbons (Fsp3) is 1.00. The molecular formula is C6H12O4S. The van der Waals surface area contributed by atoms with Gasteiger partial charge in [0.1, 0.15) is 0 Å². The molecule has 11 heavy (non-hydrogen) atoms. The minimum atomic E-state index is -3.28.